The fourth-order valence-electron chi connectivity index (χ4n) is 3.50. The van der Waals surface area contributed by atoms with E-state index in [4.69, 9.17) is 5.73 Å². The van der Waals surface area contributed by atoms with Crippen molar-refractivity contribution in [3.63, 3.8) is 0 Å². The molecule has 0 bridgehead atoms. The van der Waals surface area contributed by atoms with Gasteiger partial charge < -0.3 is 11.1 Å². The van der Waals surface area contributed by atoms with E-state index in [0.29, 0.717) is 5.69 Å². The van der Waals surface area contributed by atoms with E-state index in [1.807, 2.05) is 42.5 Å². The zero-order valence-electron chi connectivity index (χ0n) is 15.0. The number of amides is 2. The Morgan fingerprint density at radius 1 is 1.19 bits per heavy atom. The van der Waals surface area contributed by atoms with Gasteiger partial charge in [0.2, 0.25) is 5.91 Å². The van der Waals surface area contributed by atoms with E-state index in [1.165, 1.54) is 5.56 Å². The molecule has 5 nitrogen and oxygen atoms in total. The maximum atomic E-state index is 12.7. The first-order valence-electron chi connectivity index (χ1n) is 9.11. The van der Waals surface area contributed by atoms with Crippen molar-refractivity contribution in [3.05, 3.63) is 65.2 Å². The number of hydrogen-bond donors (Lipinski definition) is 3. The van der Waals surface area contributed by atoms with Crippen LogP contribution in [0.25, 0.3) is 0 Å². The Morgan fingerprint density at radius 2 is 2.00 bits per heavy atom. The molecule has 4 N–H and O–H groups in total. The second-order valence-electron chi connectivity index (χ2n) is 6.69. The molecule has 5 heteroatoms. The predicted octanol–water partition coefficient (Wildman–Crippen LogP) is 2.71. The summed E-state index contributed by atoms with van der Waals surface area (Å²) in [5.74, 6) is -1.09. The second kappa shape index (κ2) is 8.15. The maximum absolute atomic E-state index is 12.7. The topological polar surface area (TPSA) is 84.2 Å². The lowest BCUT2D eigenvalue weighted by atomic mass is 9.87. The minimum absolute atomic E-state index is 0.0508. The summed E-state index contributed by atoms with van der Waals surface area (Å²) >= 11 is 0. The van der Waals surface area contributed by atoms with Gasteiger partial charge >= 0.3 is 0 Å². The predicted molar refractivity (Wildman–Crippen MR) is 103 cm³/mol. The summed E-state index contributed by atoms with van der Waals surface area (Å²) in [4.78, 5) is 24.6. The quantitative estimate of drug-likeness (QED) is 0.700. The number of primary amides is 1. The Kier molecular flexibility index (Phi) is 5.68. The Bertz CT molecular complexity index is 803. The van der Waals surface area contributed by atoms with E-state index in [-0.39, 0.29) is 6.04 Å². The third-order valence-electron chi connectivity index (χ3n) is 4.89. The number of aryl methyl sites for hydroxylation is 2. The molecule has 2 aromatic carbocycles. The van der Waals surface area contributed by atoms with Gasteiger partial charge in [0.1, 0.15) is 0 Å². The van der Waals surface area contributed by atoms with Gasteiger partial charge in [-0.3, -0.25) is 14.9 Å². The highest BCUT2D eigenvalue weighted by atomic mass is 16.2. The number of hydrogen-bond acceptors (Lipinski definition) is 3. The summed E-state index contributed by atoms with van der Waals surface area (Å²) < 4.78 is 0. The first-order chi connectivity index (χ1) is 12.6. The highest BCUT2D eigenvalue weighted by Gasteiger charge is 2.30. The molecule has 3 rings (SSSR count). The summed E-state index contributed by atoms with van der Waals surface area (Å²) in [5, 5.41) is 5.98. The number of carbonyl (C=O) groups excluding carboxylic acids is 2. The highest BCUT2D eigenvalue weighted by molar-refractivity contribution is 6.09. The zero-order chi connectivity index (χ0) is 18.5. The van der Waals surface area contributed by atoms with Crippen molar-refractivity contribution >= 4 is 17.5 Å². The average molecular weight is 351 g/mol. The largest absolute Gasteiger partial charge is 0.368 e. The lowest BCUT2D eigenvalue weighted by molar-refractivity contribution is -0.128. The van der Waals surface area contributed by atoms with Crippen LogP contribution in [0.3, 0.4) is 0 Å². The number of fused-ring (bicyclic) bond motifs is 1. The van der Waals surface area contributed by atoms with Crippen molar-refractivity contribution in [1.82, 2.24) is 5.32 Å². The summed E-state index contributed by atoms with van der Waals surface area (Å²) in [5.41, 5.74) is 9.72. The molecule has 0 saturated heterocycles. The number of anilines is 1. The van der Waals surface area contributed by atoms with E-state index in [9.17, 15) is 9.59 Å². The molecule has 0 aliphatic heterocycles. The van der Waals surface area contributed by atoms with Crippen LogP contribution in [-0.4, -0.2) is 17.9 Å². The Morgan fingerprint density at radius 3 is 2.77 bits per heavy atom. The molecule has 2 unspecified atom stereocenters. The molecule has 1 aliphatic rings. The molecule has 2 atom stereocenters. The molecule has 2 aromatic rings. The van der Waals surface area contributed by atoms with Gasteiger partial charge in [-0.1, -0.05) is 43.3 Å². The van der Waals surface area contributed by atoms with Crippen LogP contribution in [0.5, 0.6) is 0 Å². The molecule has 0 fully saturated rings. The number of nitrogens with two attached hydrogens (primary N) is 1. The number of rotatable bonds is 6. The fourth-order valence-corrected chi connectivity index (χ4v) is 3.50. The third-order valence-corrected chi connectivity index (χ3v) is 4.89. The maximum Gasteiger partial charge on any atom is 0.251 e. The Labute approximate surface area is 154 Å². The van der Waals surface area contributed by atoms with Crippen LogP contribution < -0.4 is 16.4 Å². The number of benzene rings is 2. The molecule has 0 aromatic heterocycles. The van der Waals surface area contributed by atoms with Crippen LogP contribution in [0.4, 0.5) is 5.69 Å². The number of carbonyl (C=O) groups is 2. The summed E-state index contributed by atoms with van der Waals surface area (Å²) in [7, 11) is 0. The second-order valence-corrected chi connectivity index (χ2v) is 6.69. The van der Waals surface area contributed by atoms with Crippen LogP contribution in [0.15, 0.2) is 48.5 Å². The fraction of sp³-hybridized carbons (Fsp3) is 0.333. The monoisotopic (exact) mass is 351 g/mol. The van der Waals surface area contributed by atoms with Gasteiger partial charge in [0.05, 0.1) is 0 Å². The molecule has 2 amide bonds. The van der Waals surface area contributed by atoms with Crippen LogP contribution in [-0.2, 0) is 22.4 Å². The molecule has 0 heterocycles. The van der Waals surface area contributed by atoms with Crippen molar-refractivity contribution in [2.45, 2.75) is 44.7 Å². The van der Waals surface area contributed by atoms with E-state index in [2.05, 4.69) is 23.6 Å². The standard InChI is InChI=1S/C21H25N3O2/c1-2-14-7-5-10-16(13-14)23-21(26)19(20(22)25)24-18-12-6-9-15-8-3-4-11-17(15)18/h3-5,7-8,10-11,13,18-19,24H,2,6,9,12H2,1H3,(H2,22,25)(H,23,26). The molecular weight excluding hydrogens is 326 g/mol. The van der Waals surface area contributed by atoms with Gasteiger partial charge in [-0.2, -0.15) is 0 Å². The van der Waals surface area contributed by atoms with Gasteiger partial charge in [-0.15, -0.1) is 0 Å². The lowest BCUT2D eigenvalue weighted by Crippen LogP contribution is -2.51. The summed E-state index contributed by atoms with van der Waals surface area (Å²) in [6.45, 7) is 2.05. The molecular formula is C21H25N3O2. The first-order valence-corrected chi connectivity index (χ1v) is 9.11. The van der Waals surface area contributed by atoms with E-state index >= 15 is 0 Å². The van der Waals surface area contributed by atoms with Crippen LogP contribution >= 0.6 is 0 Å². The third kappa shape index (κ3) is 4.11. The van der Waals surface area contributed by atoms with Gasteiger partial charge in [0.25, 0.3) is 5.91 Å². The van der Waals surface area contributed by atoms with Crippen LogP contribution in [0.2, 0.25) is 0 Å². The molecule has 0 spiro atoms. The molecule has 1 aliphatic carbocycles. The molecule has 0 radical (unpaired) electrons. The lowest BCUT2D eigenvalue weighted by Gasteiger charge is -2.29. The van der Waals surface area contributed by atoms with Crippen LogP contribution in [0.1, 0.15) is 42.5 Å². The van der Waals surface area contributed by atoms with Crippen molar-refractivity contribution in [2.24, 2.45) is 5.73 Å². The number of nitrogens with one attached hydrogen (secondary N) is 2. The minimum atomic E-state index is -1.07. The highest BCUT2D eigenvalue weighted by Crippen LogP contribution is 2.29. The Hall–Kier alpha value is -2.66. The van der Waals surface area contributed by atoms with Gasteiger partial charge in [-0.05, 0) is 54.5 Å². The molecule has 26 heavy (non-hydrogen) atoms. The van der Waals surface area contributed by atoms with Gasteiger partial charge in [0.15, 0.2) is 6.04 Å². The Balaban J connectivity index is 1.75. The summed E-state index contributed by atoms with van der Waals surface area (Å²) in [6.07, 6.45) is 3.78. The smallest absolute Gasteiger partial charge is 0.251 e. The SMILES string of the molecule is CCc1cccc(NC(=O)C(NC2CCCc3ccccc32)C(N)=O)c1. The van der Waals surface area contributed by atoms with Crippen molar-refractivity contribution < 1.29 is 9.59 Å². The van der Waals surface area contributed by atoms with Gasteiger partial charge in [0, 0.05) is 11.7 Å². The normalized spacial score (nSPS) is 17.2. The van der Waals surface area contributed by atoms with E-state index in [0.717, 1.165) is 36.8 Å². The van der Waals surface area contributed by atoms with Crippen molar-refractivity contribution in [3.8, 4) is 0 Å². The van der Waals surface area contributed by atoms with E-state index in [1.54, 1.807) is 0 Å². The first kappa shape index (κ1) is 18.1. The van der Waals surface area contributed by atoms with Crippen molar-refractivity contribution in [2.75, 3.05) is 5.32 Å². The molecule has 0 saturated carbocycles. The molecule has 136 valence electrons. The van der Waals surface area contributed by atoms with E-state index < -0.39 is 17.9 Å². The van der Waals surface area contributed by atoms with Crippen LogP contribution in [0, 0.1) is 0 Å². The van der Waals surface area contributed by atoms with Gasteiger partial charge in [-0.25, -0.2) is 0 Å². The minimum Gasteiger partial charge on any atom is -0.368 e. The average Bonchev–Trinajstić information content (AvgIpc) is 2.66. The summed E-state index contributed by atoms with van der Waals surface area (Å²) in [6, 6.07) is 14.6. The van der Waals surface area contributed by atoms with Crippen molar-refractivity contribution in [1.29, 1.82) is 0 Å². The zero-order valence-corrected chi connectivity index (χ0v) is 15.0.